The summed E-state index contributed by atoms with van der Waals surface area (Å²) in [6.45, 7) is 0.822. The molecule has 0 aliphatic heterocycles. The summed E-state index contributed by atoms with van der Waals surface area (Å²) in [6.07, 6.45) is 1.71. The van der Waals surface area contributed by atoms with Crippen LogP contribution < -0.4 is 5.32 Å². The highest BCUT2D eigenvalue weighted by atomic mass is 19.1. The SMILES string of the molecule is OCCn1cc(CNc2ccccc2F)nn1. The Labute approximate surface area is 97.9 Å². The van der Waals surface area contributed by atoms with Crippen molar-refractivity contribution in [3.63, 3.8) is 0 Å². The Hall–Kier alpha value is -1.95. The molecule has 0 unspecified atom stereocenters. The Bertz CT molecular complexity index is 486. The van der Waals surface area contributed by atoms with E-state index in [4.69, 9.17) is 5.11 Å². The molecule has 1 heterocycles. The van der Waals surface area contributed by atoms with Crippen LogP contribution in [-0.4, -0.2) is 26.7 Å². The van der Waals surface area contributed by atoms with Gasteiger partial charge in [-0.1, -0.05) is 17.3 Å². The van der Waals surface area contributed by atoms with Gasteiger partial charge in [-0.25, -0.2) is 9.07 Å². The fourth-order valence-electron chi connectivity index (χ4n) is 1.42. The highest BCUT2D eigenvalue weighted by Crippen LogP contribution is 2.13. The minimum Gasteiger partial charge on any atom is -0.394 e. The molecule has 1 aromatic heterocycles. The number of aromatic nitrogens is 3. The van der Waals surface area contributed by atoms with Gasteiger partial charge in [0.05, 0.1) is 31.6 Å². The van der Waals surface area contributed by atoms with Gasteiger partial charge in [0.15, 0.2) is 0 Å². The topological polar surface area (TPSA) is 63.0 Å². The Morgan fingerprint density at radius 1 is 1.35 bits per heavy atom. The third-order valence-electron chi connectivity index (χ3n) is 2.25. The van der Waals surface area contributed by atoms with E-state index >= 15 is 0 Å². The highest BCUT2D eigenvalue weighted by Gasteiger charge is 2.03. The smallest absolute Gasteiger partial charge is 0.146 e. The summed E-state index contributed by atoms with van der Waals surface area (Å²) < 4.78 is 14.8. The van der Waals surface area contributed by atoms with Crippen molar-refractivity contribution in [3.05, 3.63) is 42.0 Å². The van der Waals surface area contributed by atoms with Gasteiger partial charge in [0, 0.05) is 0 Å². The second-order valence-electron chi connectivity index (χ2n) is 3.53. The lowest BCUT2D eigenvalue weighted by Crippen LogP contribution is -2.02. The number of para-hydroxylation sites is 1. The lowest BCUT2D eigenvalue weighted by atomic mass is 10.3. The highest BCUT2D eigenvalue weighted by molar-refractivity contribution is 5.44. The zero-order chi connectivity index (χ0) is 12.1. The van der Waals surface area contributed by atoms with Crippen molar-refractivity contribution >= 4 is 5.69 Å². The number of rotatable bonds is 5. The van der Waals surface area contributed by atoms with E-state index < -0.39 is 0 Å². The minimum absolute atomic E-state index is 0.0174. The molecule has 0 atom stereocenters. The van der Waals surface area contributed by atoms with Crippen molar-refractivity contribution in [2.45, 2.75) is 13.1 Å². The standard InChI is InChI=1S/C11H13FN4O/c12-10-3-1-2-4-11(10)13-7-9-8-16(5-6-17)15-14-9/h1-4,8,13,17H,5-7H2. The number of hydrogen-bond acceptors (Lipinski definition) is 4. The summed E-state index contributed by atoms with van der Waals surface area (Å²) in [4.78, 5) is 0. The first-order chi connectivity index (χ1) is 8.29. The van der Waals surface area contributed by atoms with Crippen LogP contribution in [0.5, 0.6) is 0 Å². The normalized spacial score (nSPS) is 10.5. The molecule has 6 heteroatoms. The lowest BCUT2D eigenvalue weighted by Gasteiger charge is -2.04. The van der Waals surface area contributed by atoms with Crippen molar-refractivity contribution in [1.29, 1.82) is 0 Å². The van der Waals surface area contributed by atoms with Crippen LogP contribution in [0.15, 0.2) is 30.5 Å². The quantitative estimate of drug-likeness (QED) is 0.813. The molecule has 2 N–H and O–H groups in total. The van der Waals surface area contributed by atoms with E-state index in [1.54, 1.807) is 29.1 Å². The van der Waals surface area contributed by atoms with Gasteiger partial charge < -0.3 is 10.4 Å². The van der Waals surface area contributed by atoms with Gasteiger partial charge in [-0.3, -0.25) is 0 Å². The van der Waals surface area contributed by atoms with E-state index in [1.165, 1.54) is 6.07 Å². The number of nitrogens with one attached hydrogen (secondary N) is 1. The van der Waals surface area contributed by atoms with E-state index in [-0.39, 0.29) is 12.4 Å². The molecular weight excluding hydrogens is 223 g/mol. The molecule has 2 aromatic rings. The molecule has 1 aromatic carbocycles. The van der Waals surface area contributed by atoms with Crippen molar-refractivity contribution in [1.82, 2.24) is 15.0 Å². The van der Waals surface area contributed by atoms with Gasteiger partial charge in [-0.05, 0) is 12.1 Å². The summed E-state index contributed by atoms with van der Waals surface area (Å²) in [6, 6.07) is 6.45. The molecule has 2 rings (SSSR count). The molecule has 0 bridgehead atoms. The number of aliphatic hydroxyl groups excluding tert-OH is 1. The molecule has 0 saturated heterocycles. The van der Waals surface area contributed by atoms with Gasteiger partial charge in [0.2, 0.25) is 0 Å². The maximum atomic E-state index is 13.3. The average Bonchev–Trinajstić information content (AvgIpc) is 2.76. The van der Waals surface area contributed by atoms with Crippen LogP contribution in [0.4, 0.5) is 10.1 Å². The third-order valence-corrected chi connectivity index (χ3v) is 2.25. The van der Waals surface area contributed by atoms with E-state index in [9.17, 15) is 4.39 Å². The second-order valence-corrected chi connectivity index (χ2v) is 3.53. The molecule has 17 heavy (non-hydrogen) atoms. The maximum absolute atomic E-state index is 13.3. The van der Waals surface area contributed by atoms with Crippen LogP contribution in [0, 0.1) is 5.82 Å². The summed E-state index contributed by atoms with van der Waals surface area (Å²) in [5.74, 6) is -0.296. The minimum atomic E-state index is -0.296. The maximum Gasteiger partial charge on any atom is 0.146 e. The number of hydrogen-bond donors (Lipinski definition) is 2. The van der Waals surface area contributed by atoms with Crippen molar-refractivity contribution in [2.24, 2.45) is 0 Å². The van der Waals surface area contributed by atoms with E-state index in [1.807, 2.05) is 0 Å². The first-order valence-corrected chi connectivity index (χ1v) is 5.28. The number of halogens is 1. The number of nitrogens with zero attached hydrogens (tertiary/aromatic N) is 3. The molecule has 0 fully saturated rings. The molecule has 0 aliphatic rings. The van der Waals surface area contributed by atoms with Gasteiger partial charge >= 0.3 is 0 Å². The molecular formula is C11H13FN4O. The van der Waals surface area contributed by atoms with Crippen LogP contribution in [0.2, 0.25) is 0 Å². The summed E-state index contributed by atoms with van der Waals surface area (Å²) in [5, 5.41) is 19.4. The largest absolute Gasteiger partial charge is 0.394 e. The van der Waals surface area contributed by atoms with Crippen LogP contribution in [0.3, 0.4) is 0 Å². The van der Waals surface area contributed by atoms with Crippen LogP contribution in [0.1, 0.15) is 5.69 Å². The van der Waals surface area contributed by atoms with Gasteiger partial charge in [0.25, 0.3) is 0 Å². The van der Waals surface area contributed by atoms with Crippen LogP contribution in [-0.2, 0) is 13.1 Å². The Morgan fingerprint density at radius 2 is 2.18 bits per heavy atom. The average molecular weight is 236 g/mol. The molecule has 0 spiro atoms. The molecule has 0 radical (unpaired) electrons. The van der Waals surface area contributed by atoms with Crippen LogP contribution in [0.25, 0.3) is 0 Å². The first-order valence-electron chi connectivity index (χ1n) is 5.28. The lowest BCUT2D eigenvalue weighted by molar-refractivity contribution is 0.268. The summed E-state index contributed by atoms with van der Waals surface area (Å²) in [7, 11) is 0. The fourth-order valence-corrected chi connectivity index (χ4v) is 1.42. The Morgan fingerprint density at radius 3 is 2.94 bits per heavy atom. The first kappa shape index (κ1) is 11.5. The number of aliphatic hydroxyl groups is 1. The monoisotopic (exact) mass is 236 g/mol. The summed E-state index contributed by atoms with van der Waals surface area (Å²) in [5.41, 5.74) is 1.13. The third kappa shape index (κ3) is 3.01. The second kappa shape index (κ2) is 5.40. The molecule has 0 saturated carbocycles. The zero-order valence-electron chi connectivity index (χ0n) is 9.17. The predicted molar refractivity (Wildman–Crippen MR) is 60.8 cm³/mol. The zero-order valence-corrected chi connectivity index (χ0v) is 9.17. The molecule has 0 amide bonds. The van der Waals surface area contributed by atoms with E-state index in [0.717, 1.165) is 0 Å². The number of benzene rings is 1. The van der Waals surface area contributed by atoms with Gasteiger partial charge in [-0.15, -0.1) is 5.10 Å². The van der Waals surface area contributed by atoms with Crippen molar-refractivity contribution in [2.75, 3.05) is 11.9 Å². The van der Waals surface area contributed by atoms with Gasteiger partial charge in [-0.2, -0.15) is 0 Å². The van der Waals surface area contributed by atoms with E-state index in [2.05, 4.69) is 15.6 Å². The van der Waals surface area contributed by atoms with Crippen molar-refractivity contribution in [3.8, 4) is 0 Å². The van der Waals surface area contributed by atoms with E-state index in [0.29, 0.717) is 24.5 Å². The summed E-state index contributed by atoms with van der Waals surface area (Å²) >= 11 is 0. The molecule has 90 valence electrons. The predicted octanol–water partition coefficient (Wildman–Crippen LogP) is 1.02. The van der Waals surface area contributed by atoms with Gasteiger partial charge in [0.1, 0.15) is 11.5 Å². The van der Waals surface area contributed by atoms with Crippen LogP contribution >= 0.6 is 0 Å². The number of anilines is 1. The Kier molecular flexibility index (Phi) is 3.66. The Balaban J connectivity index is 1.95. The molecule has 0 aliphatic carbocycles. The fraction of sp³-hybridized carbons (Fsp3) is 0.273. The van der Waals surface area contributed by atoms with Crippen molar-refractivity contribution < 1.29 is 9.50 Å². The molecule has 5 nitrogen and oxygen atoms in total.